The van der Waals surface area contributed by atoms with Crippen LogP contribution in [0, 0.1) is 37.5 Å². The molecule has 5 aromatic carbocycles. The molecule has 2 heteroatoms. The zero-order chi connectivity index (χ0) is 39.2. The SMILES string of the molecule is Cc1ccc(-c2cc(C3=C(c4ccccc4)C=CCC3C)nc(-c3ccccc3)n2)cc1-c1c(C)cccc1-c1ccc2c(c1)C1C=CC=CC1C1C=CC=CC1C2. The van der Waals surface area contributed by atoms with Gasteiger partial charge in [-0.2, -0.15) is 0 Å². The molecule has 0 N–H and O–H groups in total. The van der Waals surface area contributed by atoms with Crippen LogP contribution in [-0.2, 0) is 6.42 Å². The van der Waals surface area contributed by atoms with Gasteiger partial charge >= 0.3 is 0 Å². The van der Waals surface area contributed by atoms with Crippen molar-refractivity contribution in [1.29, 1.82) is 0 Å². The first-order valence-electron chi connectivity index (χ1n) is 21.0. The van der Waals surface area contributed by atoms with E-state index in [0.29, 0.717) is 29.6 Å². The van der Waals surface area contributed by atoms with Gasteiger partial charge in [0.2, 0.25) is 0 Å². The van der Waals surface area contributed by atoms with Crippen LogP contribution in [0.2, 0.25) is 0 Å². The summed E-state index contributed by atoms with van der Waals surface area (Å²) in [5.41, 5.74) is 18.2. The Morgan fingerprint density at radius 2 is 1.28 bits per heavy atom. The Bertz CT molecular complexity index is 2720. The Morgan fingerprint density at radius 3 is 2.10 bits per heavy atom. The maximum Gasteiger partial charge on any atom is 0.160 e. The third-order valence-electron chi connectivity index (χ3n) is 12.9. The lowest BCUT2D eigenvalue weighted by molar-refractivity contribution is 0.359. The Morgan fingerprint density at radius 1 is 0.552 bits per heavy atom. The van der Waals surface area contributed by atoms with Gasteiger partial charge in [-0.3, -0.25) is 0 Å². The van der Waals surface area contributed by atoms with Gasteiger partial charge in [0.1, 0.15) is 0 Å². The molecule has 6 aromatic rings. The highest BCUT2D eigenvalue weighted by Crippen LogP contribution is 2.48. The van der Waals surface area contributed by atoms with E-state index in [0.717, 1.165) is 41.2 Å². The van der Waals surface area contributed by atoms with Crippen molar-refractivity contribution in [3.63, 3.8) is 0 Å². The summed E-state index contributed by atoms with van der Waals surface area (Å²) in [5.74, 6) is 2.89. The van der Waals surface area contributed by atoms with Crippen LogP contribution in [0.25, 0.3) is 56.0 Å². The number of aryl methyl sites for hydroxylation is 2. The molecule has 1 heterocycles. The molecule has 0 saturated heterocycles. The van der Waals surface area contributed by atoms with Gasteiger partial charge in [0.15, 0.2) is 5.82 Å². The summed E-state index contributed by atoms with van der Waals surface area (Å²) < 4.78 is 0. The molecule has 0 saturated carbocycles. The van der Waals surface area contributed by atoms with E-state index in [-0.39, 0.29) is 0 Å². The molecule has 4 aliphatic carbocycles. The van der Waals surface area contributed by atoms with Gasteiger partial charge in [0.05, 0.1) is 11.4 Å². The van der Waals surface area contributed by atoms with Crippen molar-refractivity contribution in [2.24, 2.45) is 23.7 Å². The van der Waals surface area contributed by atoms with E-state index in [1.807, 2.05) is 0 Å². The van der Waals surface area contributed by atoms with Crippen LogP contribution in [0.15, 0.2) is 182 Å². The number of nitrogens with zero attached hydrogens (tertiary/aromatic N) is 2. The average Bonchev–Trinajstić information content (AvgIpc) is 3.41. The van der Waals surface area contributed by atoms with E-state index >= 15 is 0 Å². The molecule has 0 radical (unpaired) electrons. The number of hydrogen-bond donors (Lipinski definition) is 0. The molecule has 0 aliphatic heterocycles. The zero-order valence-electron chi connectivity index (χ0n) is 33.5. The molecule has 5 unspecified atom stereocenters. The molecule has 58 heavy (non-hydrogen) atoms. The lowest BCUT2D eigenvalue weighted by atomic mass is 9.72. The summed E-state index contributed by atoms with van der Waals surface area (Å²) in [4.78, 5) is 10.6. The Balaban J connectivity index is 1.11. The lowest BCUT2D eigenvalue weighted by Crippen LogP contribution is -2.24. The zero-order valence-corrected chi connectivity index (χ0v) is 33.5. The van der Waals surface area contributed by atoms with Crippen LogP contribution in [0.4, 0.5) is 0 Å². The number of fused-ring (bicyclic) bond motifs is 5. The van der Waals surface area contributed by atoms with Crippen molar-refractivity contribution in [3.05, 3.63) is 216 Å². The first-order valence-corrected chi connectivity index (χ1v) is 21.0. The monoisotopic (exact) mass is 748 g/mol. The summed E-state index contributed by atoms with van der Waals surface area (Å²) >= 11 is 0. The van der Waals surface area contributed by atoms with Crippen LogP contribution in [0.1, 0.15) is 52.8 Å². The lowest BCUT2D eigenvalue weighted by Gasteiger charge is -2.32. The Kier molecular flexibility index (Phi) is 9.42. The summed E-state index contributed by atoms with van der Waals surface area (Å²) in [7, 11) is 0. The van der Waals surface area contributed by atoms with Crippen molar-refractivity contribution >= 4 is 11.1 Å². The molecule has 0 bridgehead atoms. The molecular weight excluding hydrogens is 701 g/mol. The van der Waals surface area contributed by atoms with Crippen molar-refractivity contribution in [2.75, 3.05) is 0 Å². The van der Waals surface area contributed by atoms with Gasteiger partial charge in [0.25, 0.3) is 0 Å². The Hall–Kier alpha value is -6.38. The quantitative estimate of drug-likeness (QED) is 0.169. The van der Waals surface area contributed by atoms with Gasteiger partial charge in [-0.15, -0.1) is 0 Å². The summed E-state index contributed by atoms with van der Waals surface area (Å²) in [5, 5.41) is 0. The van der Waals surface area contributed by atoms with E-state index in [1.54, 1.807) is 0 Å². The topological polar surface area (TPSA) is 25.8 Å². The smallest absolute Gasteiger partial charge is 0.160 e. The number of rotatable bonds is 6. The van der Waals surface area contributed by atoms with E-state index < -0.39 is 0 Å². The van der Waals surface area contributed by atoms with Crippen LogP contribution in [0.3, 0.4) is 0 Å². The summed E-state index contributed by atoms with van der Waals surface area (Å²) in [6.45, 7) is 6.82. The molecule has 0 amide bonds. The van der Waals surface area contributed by atoms with E-state index in [9.17, 15) is 0 Å². The molecule has 282 valence electrons. The predicted octanol–water partition coefficient (Wildman–Crippen LogP) is 14.0. The van der Waals surface area contributed by atoms with Crippen molar-refractivity contribution < 1.29 is 0 Å². The van der Waals surface area contributed by atoms with Crippen molar-refractivity contribution in [3.8, 4) is 44.9 Å². The highest BCUT2D eigenvalue weighted by molar-refractivity contribution is 5.97. The van der Waals surface area contributed by atoms with Crippen molar-refractivity contribution in [1.82, 2.24) is 9.97 Å². The minimum atomic E-state index is 0.308. The third-order valence-corrected chi connectivity index (χ3v) is 12.9. The van der Waals surface area contributed by atoms with E-state index in [1.165, 1.54) is 61.2 Å². The fraction of sp³-hybridized carbons (Fsp3) is 0.179. The fourth-order valence-electron chi connectivity index (χ4n) is 9.99. The number of benzene rings is 5. The van der Waals surface area contributed by atoms with E-state index in [4.69, 9.17) is 9.97 Å². The van der Waals surface area contributed by atoms with Gasteiger partial charge in [-0.05, 0) is 124 Å². The predicted molar refractivity (Wildman–Crippen MR) is 243 cm³/mol. The van der Waals surface area contributed by atoms with Crippen LogP contribution in [0.5, 0.6) is 0 Å². The minimum Gasteiger partial charge on any atom is -0.228 e. The van der Waals surface area contributed by atoms with Gasteiger partial charge in [-0.1, -0.05) is 177 Å². The molecule has 0 spiro atoms. The summed E-state index contributed by atoms with van der Waals surface area (Å²) in [6.07, 6.45) is 25.4. The largest absolute Gasteiger partial charge is 0.228 e. The molecule has 2 nitrogen and oxygen atoms in total. The second-order valence-corrected chi connectivity index (χ2v) is 16.6. The number of hydrogen-bond acceptors (Lipinski definition) is 2. The maximum absolute atomic E-state index is 5.32. The van der Waals surface area contributed by atoms with Crippen LogP contribution < -0.4 is 0 Å². The first-order chi connectivity index (χ1) is 28.5. The number of aromatic nitrogens is 2. The van der Waals surface area contributed by atoms with Crippen LogP contribution in [-0.4, -0.2) is 9.97 Å². The molecule has 0 fully saturated rings. The average molecular weight is 749 g/mol. The molecule has 1 aromatic heterocycles. The second kappa shape index (κ2) is 15.2. The summed E-state index contributed by atoms with van der Waals surface area (Å²) in [6, 6.07) is 44.4. The second-order valence-electron chi connectivity index (χ2n) is 16.6. The molecule has 10 rings (SSSR count). The van der Waals surface area contributed by atoms with Crippen LogP contribution >= 0.6 is 0 Å². The highest BCUT2D eigenvalue weighted by Gasteiger charge is 2.37. The molecule has 4 aliphatic rings. The standard InChI is InChI=1S/C56H48N2/c1-36-28-29-44(52-35-53(58-56(57-52)40-20-8-5-9-21-40)55-38(3)17-15-26-46(55)39-18-6-4-7-19-39)34-50(36)54-37(2)16-14-27-47(54)43-31-30-42-32-41-22-10-11-23-45(41)48-24-12-13-25-49(48)51(42)33-43/h4-16,18-31,33-35,38,41,45,48-49H,17,32H2,1-3H3. The molecular formula is C56H48N2. The third kappa shape index (κ3) is 6.57. The van der Waals surface area contributed by atoms with Gasteiger partial charge in [0, 0.05) is 17.0 Å². The fourth-order valence-corrected chi connectivity index (χ4v) is 9.99. The van der Waals surface area contributed by atoms with Gasteiger partial charge in [-0.25, -0.2) is 9.97 Å². The Labute approximate surface area is 343 Å². The normalized spacial score (nSPS) is 21.7. The minimum absolute atomic E-state index is 0.308. The molecule has 5 atom stereocenters. The van der Waals surface area contributed by atoms with Gasteiger partial charge < -0.3 is 0 Å². The number of allylic oxidation sites excluding steroid dienone is 12. The van der Waals surface area contributed by atoms with E-state index in [2.05, 4.69) is 203 Å². The van der Waals surface area contributed by atoms with Crippen molar-refractivity contribution in [2.45, 2.75) is 39.5 Å². The highest BCUT2D eigenvalue weighted by atomic mass is 14.9. The first kappa shape index (κ1) is 36.0. The maximum atomic E-state index is 5.32.